The van der Waals surface area contributed by atoms with Gasteiger partial charge in [-0.1, -0.05) is 12.1 Å². The van der Waals surface area contributed by atoms with Crippen molar-refractivity contribution < 1.29 is 29.3 Å². The Morgan fingerprint density at radius 3 is 2.39 bits per heavy atom. The number of amides is 2. The number of hydrogen-bond donors (Lipinski definition) is 3. The molecule has 0 aliphatic heterocycles. The number of hydrogen-bond acceptors (Lipinski definition) is 5. The van der Waals surface area contributed by atoms with Crippen LogP contribution in [0.1, 0.15) is 33.6 Å². The Morgan fingerprint density at radius 1 is 1.14 bits per heavy atom. The average molecular weight is 388 g/mol. The molecule has 0 aliphatic rings. The topological polar surface area (TPSA) is 130 Å². The third kappa shape index (κ3) is 5.35. The van der Waals surface area contributed by atoms with E-state index in [0.29, 0.717) is 16.5 Å². The predicted octanol–water partition coefficient (Wildman–Crippen LogP) is 3.01. The molecule has 2 amide bonds. The Bertz CT molecular complexity index is 903. The molecule has 0 aliphatic carbocycles. The van der Waals surface area contributed by atoms with E-state index in [1.165, 1.54) is 12.1 Å². The Kier molecular flexibility index (Phi) is 6.12. The summed E-state index contributed by atoms with van der Waals surface area (Å²) in [7, 11) is 0. The fourth-order valence-corrected chi connectivity index (χ4v) is 2.99. The Hall–Kier alpha value is -3.29. The second-order valence-corrected chi connectivity index (χ2v) is 7.43. The minimum Gasteiger partial charge on any atom is -0.508 e. The average Bonchev–Trinajstić information content (AvgIpc) is 2.51. The third-order valence-electron chi connectivity index (χ3n) is 3.94. The smallest absolute Gasteiger partial charge is 0.319 e. The van der Waals surface area contributed by atoms with Gasteiger partial charge in [-0.05, 0) is 50.4 Å². The zero-order valence-electron chi connectivity index (χ0n) is 16.0. The van der Waals surface area contributed by atoms with E-state index in [-0.39, 0.29) is 12.2 Å². The van der Waals surface area contributed by atoms with Gasteiger partial charge in [-0.2, -0.15) is 0 Å². The van der Waals surface area contributed by atoms with Crippen molar-refractivity contribution in [3.05, 3.63) is 36.4 Å². The number of esters is 1. The number of ether oxygens (including phenoxy) is 1. The number of carbonyl (C=O) groups is 3. The van der Waals surface area contributed by atoms with Gasteiger partial charge in [0.25, 0.3) is 0 Å². The van der Waals surface area contributed by atoms with Gasteiger partial charge >= 0.3 is 18.0 Å². The van der Waals surface area contributed by atoms with E-state index in [9.17, 15) is 24.6 Å². The molecule has 0 saturated carbocycles. The van der Waals surface area contributed by atoms with E-state index in [4.69, 9.17) is 10.5 Å². The van der Waals surface area contributed by atoms with Crippen LogP contribution >= 0.6 is 0 Å². The van der Waals surface area contributed by atoms with Gasteiger partial charge in [0.2, 0.25) is 0 Å². The number of anilines is 1. The van der Waals surface area contributed by atoms with Crippen molar-refractivity contribution in [1.29, 1.82) is 0 Å². The molecule has 0 radical (unpaired) electrons. The molecule has 2 aromatic rings. The number of carboxylic acids is 1. The largest absolute Gasteiger partial charge is 0.508 e. The van der Waals surface area contributed by atoms with E-state index < -0.39 is 36.0 Å². The number of carbonyl (C=O) groups excluding carboxylic acids is 2. The summed E-state index contributed by atoms with van der Waals surface area (Å²) in [6.07, 6.45) is -0.822. The van der Waals surface area contributed by atoms with Crippen LogP contribution in [0.25, 0.3) is 10.8 Å². The highest BCUT2D eigenvalue weighted by molar-refractivity contribution is 6.04. The molecule has 2 rings (SSSR count). The second kappa shape index (κ2) is 8.16. The van der Waals surface area contributed by atoms with E-state index in [1.54, 1.807) is 45.0 Å². The van der Waals surface area contributed by atoms with E-state index >= 15 is 0 Å². The normalized spacial score (nSPS) is 12.4. The zero-order chi connectivity index (χ0) is 21.1. The molecular formula is C20H24N2O6. The number of fused-ring (bicyclic) bond motifs is 1. The molecule has 0 spiro atoms. The maximum absolute atomic E-state index is 12.3. The van der Waals surface area contributed by atoms with Crippen molar-refractivity contribution in [1.82, 2.24) is 0 Å². The molecule has 150 valence electrons. The van der Waals surface area contributed by atoms with Crippen LogP contribution < -0.4 is 10.6 Å². The number of rotatable bonds is 6. The first-order valence-corrected chi connectivity index (χ1v) is 8.72. The lowest BCUT2D eigenvalue weighted by Crippen LogP contribution is -2.46. The summed E-state index contributed by atoms with van der Waals surface area (Å²) in [6, 6.07) is 7.62. The maximum Gasteiger partial charge on any atom is 0.319 e. The third-order valence-corrected chi connectivity index (χ3v) is 3.94. The molecule has 0 bridgehead atoms. The summed E-state index contributed by atoms with van der Waals surface area (Å²) in [5.74, 6) is -1.77. The SMILES string of the molecule is CC(C)(C)OC(=O)CC(CC(=O)O)N(C(N)=O)c1cccc2cc(O)ccc12. The lowest BCUT2D eigenvalue weighted by molar-refractivity contribution is -0.155. The van der Waals surface area contributed by atoms with Gasteiger partial charge in [-0.3, -0.25) is 14.5 Å². The number of aromatic hydroxyl groups is 1. The van der Waals surface area contributed by atoms with Gasteiger partial charge in [0.05, 0.1) is 24.6 Å². The van der Waals surface area contributed by atoms with Gasteiger partial charge in [0.1, 0.15) is 11.4 Å². The van der Waals surface area contributed by atoms with Crippen molar-refractivity contribution in [2.45, 2.75) is 45.3 Å². The summed E-state index contributed by atoms with van der Waals surface area (Å²) in [5, 5.41) is 20.2. The monoisotopic (exact) mass is 388 g/mol. The Balaban J connectivity index is 2.49. The molecule has 0 aromatic heterocycles. The maximum atomic E-state index is 12.3. The second-order valence-electron chi connectivity index (χ2n) is 7.43. The summed E-state index contributed by atoms with van der Waals surface area (Å²) in [5.41, 5.74) is 5.16. The number of benzene rings is 2. The number of nitrogens with two attached hydrogens (primary N) is 1. The van der Waals surface area contributed by atoms with Crippen molar-refractivity contribution in [2.75, 3.05) is 4.90 Å². The quantitative estimate of drug-likeness (QED) is 0.652. The number of urea groups is 1. The first kappa shape index (κ1) is 21.0. The molecule has 8 nitrogen and oxygen atoms in total. The highest BCUT2D eigenvalue weighted by Gasteiger charge is 2.31. The van der Waals surface area contributed by atoms with Crippen LogP contribution in [0.2, 0.25) is 0 Å². The lowest BCUT2D eigenvalue weighted by Gasteiger charge is -2.31. The molecular weight excluding hydrogens is 364 g/mol. The van der Waals surface area contributed by atoms with Crippen LogP contribution in [-0.4, -0.2) is 39.8 Å². The van der Waals surface area contributed by atoms with Gasteiger partial charge < -0.3 is 20.7 Å². The summed E-state index contributed by atoms with van der Waals surface area (Å²) >= 11 is 0. The standard InChI is InChI=1S/C20H24N2O6/c1-20(2,3)28-18(26)11-13(10-17(24)25)22(19(21)27)16-6-4-5-12-9-14(23)7-8-15(12)16/h4-9,13,23H,10-11H2,1-3H3,(H2,21,27)(H,24,25). The number of carboxylic acid groups (broad SMARTS) is 1. The van der Waals surface area contributed by atoms with Crippen molar-refractivity contribution >= 4 is 34.4 Å². The van der Waals surface area contributed by atoms with Gasteiger partial charge in [-0.25, -0.2) is 4.79 Å². The van der Waals surface area contributed by atoms with Crippen LogP contribution in [0.15, 0.2) is 36.4 Å². The molecule has 0 saturated heterocycles. The highest BCUT2D eigenvalue weighted by atomic mass is 16.6. The molecule has 1 atom stereocenters. The number of nitrogens with zero attached hydrogens (tertiary/aromatic N) is 1. The molecule has 8 heteroatoms. The van der Waals surface area contributed by atoms with Crippen LogP contribution in [-0.2, 0) is 14.3 Å². The first-order valence-electron chi connectivity index (χ1n) is 8.72. The Morgan fingerprint density at radius 2 is 1.82 bits per heavy atom. The fourth-order valence-electron chi connectivity index (χ4n) is 2.99. The molecule has 2 aromatic carbocycles. The minimum absolute atomic E-state index is 0.0473. The molecule has 0 fully saturated rings. The summed E-state index contributed by atoms with van der Waals surface area (Å²) < 4.78 is 5.28. The van der Waals surface area contributed by atoms with Crippen molar-refractivity contribution in [2.24, 2.45) is 5.73 Å². The Labute approximate surface area is 162 Å². The van der Waals surface area contributed by atoms with Gasteiger partial charge in [0, 0.05) is 5.39 Å². The van der Waals surface area contributed by atoms with Crippen LogP contribution in [0.5, 0.6) is 5.75 Å². The summed E-state index contributed by atoms with van der Waals surface area (Å²) in [4.78, 5) is 37.0. The number of phenols is 1. The molecule has 4 N–H and O–H groups in total. The molecule has 1 unspecified atom stereocenters. The lowest BCUT2D eigenvalue weighted by atomic mass is 10.0. The van der Waals surface area contributed by atoms with E-state index in [0.717, 1.165) is 4.90 Å². The van der Waals surface area contributed by atoms with Gasteiger partial charge in [0.15, 0.2) is 0 Å². The van der Waals surface area contributed by atoms with Crippen LogP contribution in [0, 0.1) is 0 Å². The first-order chi connectivity index (χ1) is 13.0. The number of aliphatic carboxylic acids is 1. The van der Waals surface area contributed by atoms with E-state index in [2.05, 4.69) is 0 Å². The fraction of sp³-hybridized carbons (Fsp3) is 0.350. The molecule has 28 heavy (non-hydrogen) atoms. The number of phenolic OH excluding ortho intramolecular Hbond substituents is 1. The highest BCUT2D eigenvalue weighted by Crippen LogP contribution is 2.32. The predicted molar refractivity (Wildman–Crippen MR) is 104 cm³/mol. The minimum atomic E-state index is -1.18. The van der Waals surface area contributed by atoms with Crippen molar-refractivity contribution in [3.63, 3.8) is 0 Å². The molecule has 0 heterocycles. The number of primary amides is 1. The van der Waals surface area contributed by atoms with Crippen LogP contribution in [0.3, 0.4) is 0 Å². The zero-order valence-corrected chi connectivity index (χ0v) is 16.0. The summed E-state index contributed by atoms with van der Waals surface area (Å²) in [6.45, 7) is 5.08. The van der Waals surface area contributed by atoms with Gasteiger partial charge in [-0.15, -0.1) is 0 Å². The van der Waals surface area contributed by atoms with Crippen molar-refractivity contribution in [3.8, 4) is 5.75 Å². The van der Waals surface area contributed by atoms with E-state index in [1.807, 2.05) is 0 Å². The van der Waals surface area contributed by atoms with Crippen LogP contribution in [0.4, 0.5) is 10.5 Å².